The average Bonchev–Trinajstić information content (AvgIpc) is 1.77. The maximum atomic E-state index is 11.5. The summed E-state index contributed by atoms with van der Waals surface area (Å²) in [5.74, 6) is -1.01. The van der Waals surface area contributed by atoms with Crippen molar-refractivity contribution in [3.05, 3.63) is 35.5 Å². The summed E-state index contributed by atoms with van der Waals surface area (Å²) in [6.45, 7) is 23.1. The third-order valence-electron chi connectivity index (χ3n) is 26.8. The number of hydrogen-bond acceptors (Lipinski definition) is 33. The van der Waals surface area contributed by atoms with Crippen LogP contribution < -0.4 is 0 Å². The second-order valence-electron chi connectivity index (χ2n) is 35.7. The number of hydrogen-bond donors (Lipinski definition) is 1. The Morgan fingerprint density at radius 3 is 0.916 bits per heavy atom. The summed E-state index contributed by atoms with van der Waals surface area (Å²) < 4.78 is 140. The van der Waals surface area contributed by atoms with Crippen LogP contribution in [0.4, 0.5) is 0 Å². The van der Waals surface area contributed by atoms with Gasteiger partial charge in [0.2, 0.25) is 0 Å². The number of rotatable bonds is 18. The zero-order valence-electron chi connectivity index (χ0n) is 78.5. The summed E-state index contributed by atoms with van der Waals surface area (Å²) in [6, 6.07) is 0. The van der Waals surface area contributed by atoms with Crippen LogP contribution in [0, 0.1) is 35.5 Å². The Labute approximate surface area is 781 Å². The molecule has 0 aromatic rings. The minimum Gasteiger partial charge on any atom is -0.466 e. The van der Waals surface area contributed by atoms with E-state index in [9.17, 15) is 46.8 Å². The van der Waals surface area contributed by atoms with Crippen molar-refractivity contribution in [3.8, 4) is 0 Å². The lowest BCUT2D eigenvalue weighted by Gasteiger charge is -2.35. The molecule has 17 fully saturated rings. The van der Waals surface area contributed by atoms with Crippen LogP contribution >= 0.6 is 0 Å². The van der Waals surface area contributed by atoms with Crippen molar-refractivity contribution in [2.45, 2.75) is 332 Å². The second kappa shape index (κ2) is 57.9. The number of ether oxygens (including phenoxy) is 21. The molecule has 8 saturated heterocycles. The number of aldehydes is 1. The minimum absolute atomic E-state index is 0. The first-order valence-electron chi connectivity index (χ1n) is 48.3. The Morgan fingerprint density at radius 2 is 0.618 bits per heavy atom. The van der Waals surface area contributed by atoms with E-state index in [1.165, 1.54) is 0 Å². The normalized spacial score (nSPS) is 26.6. The molecule has 17 rings (SSSR count). The first kappa shape index (κ1) is 113. The second-order valence-corrected chi connectivity index (χ2v) is 37.4. The summed E-state index contributed by atoms with van der Waals surface area (Å²) in [6.07, 6.45) is 41.6. The number of esters is 5. The Kier molecular flexibility index (Phi) is 49.9. The predicted molar refractivity (Wildman–Crippen MR) is 480 cm³/mol. The number of Topliss-reactive ketones (excluding diaryl/α,β-unsaturated/α-hetero) is 2. The summed E-state index contributed by atoms with van der Waals surface area (Å²) >= 11 is 0. The molecule has 0 unspecified atom stereocenters. The summed E-state index contributed by atoms with van der Waals surface area (Å²) in [5, 5.41) is 8.81. The molecule has 33 nitrogen and oxygen atoms in total. The summed E-state index contributed by atoms with van der Waals surface area (Å²) in [5.41, 5.74) is 2.28. The van der Waals surface area contributed by atoms with Gasteiger partial charge in [-0.05, 0) is 168 Å². The average molecular weight is 1880 g/mol. The molecule has 749 valence electrons. The highest BCUT2D eigenvalue weighted by molar-refractivity contribution is 7.86. The molecule has 8 heterocycles. The van der Waals surface area contributed by atoms with Gasteiger partial charge in [-0.15, -0.1) is 0 Å². The number of carbonyl (C=O) groups excluding carboxylic acids is 8. The highest BCUT2D eigenvalue weighted by Gasteiger charge is 2.47. The van der Waals surface area contributed by atoms with E-state index in [-0.39, 0.29) is 124 Å². The Hall–Kier alpha value is -5.13. The van der Waals surface area contributed by atoms with E-state index in [1.54, 1.807) is 25.2 Å². The van der Waals surface area contributed by atoms with E-state index in [0.717, 1.165) is 242 Å². The maximum absolute atomic E-state index is 11.5. The third kappa shape index (κ3) is 38.6. The van der Waals surface area contributed by atoms with Crippen molar-refractivity contribution in [3.63, 3.8) is 0 Å². The van der Waals surface area contributed by atoms with Crippen molar-refractivity contribution in [1.82, 2.24) is 0 Å². The lowest BCUT2D eigenvalue weighted by atomic mass is 9.83. The number of ketones is 2. The van der Waals surface area contributed by atoms with E-state index < -0.39 is 10.1 Å². The topological polar surface area (TPSA) is 394 Å². The van der Waals surface area contributed by atoms with Gasteiger partial charge < -0.3 is 109 Å². The van der Waals surface area contributed by atoms with Crippen LogP contribution in [0.5, 0.6) is 0 Å². The zero-order valence-corrected chi connectivity index (χ0v) is 79.3. The van der Waals surface area contributed by atoms with E-state index in [2.05, 4.69) is 0 Å². The lowest BCUT2D eigenvalue weighted by molar-refractivity contribution is -0.187. The van der Waals surface area contributed by atoms with Crippen LogP contribution in [0.3, 0.4) is 0 Å². The SMILES string of the molecule is C.CCOC(=O)/C=C/C1CCC2(CC1)OCCO2.CCOC(=O)C1CCC(=O)CC1.CCOC(=O)C1CCC2(CC1)OCCO2.CCOC(=O)C=C1CCC2(CC1)OCCO2.CCOC(=O)C=C1CCC2(CC1)OCCO2.CS(=O)(=O)OCCC1CCC2(CC1)OCCO2.O=C1CCC2(CC1)OCCO2.O=CC1CCC2(CC1)OCCO2.OCCC1CCC2(CC1)OCCO2.[2HH].[B]. The Balaban J connectivity index is 0.000000229. The van der Waals surface area contributed by atoms with Crippen LogP contribution in [0.1, 0.15) is 287 Å². The molecule has 131 heavy (non-hydrogen) atoms. The molecule has 3 radical (unpaired) electrons. The number of aliphatic hydroxyl groups is 1. The molecule has 0 aromatic heterocycles. The third-order valence-corrected chi connectivity index (χ3v) is 27.4. The predicted octanol–water partition coefficient (Wildman–Crippen LogP) is 13.5. The molecule has 8 spiro atoms. The molecule has 35 heteroatoms. The van der Waals surface area contributed by atoms with Crippen molar-refractivity contribution < 1.29 is 157 Å². The van der Waals surface area contributed by atoms with E-state index in [1.807, 2.05) is 33.8 Å². The fraction of sp³-hybridized carbons (Fsp3) is 0.854. The molecular weight excluding hydrogens is 1720 g/mol. The minimum atomic E-state index is -3.30. The standard InChI is InChI=1S/C13H20O4.2C12H18O4.C11H20O5S.C11H18O4.C10H18O3.2C9H14O3.C8H12O3.CH4.B.H2/c1-2-15-12(14)4-3-11-5-7-13(8-6-11)16-9-10-17-13;2*1-2-14-11(13)9-10-3-5-12(6-4-10)15-7-8-16-12;1-17(12,13)16-7-4-10-2-5-11(6-3-10)14-8-9-15-11;1-2-13-10(12)9-3-5-11(6-4-9)14-7-8-15-11;11-6-3-9-1-4-10(5-2-9)12-7-8-13-10;10-7-8-1-3-9(4-2-8)11-5-6-12-9;1-2-12-9(11)7-3-5-8(10)6-4-7;9-7-1-3-8(4-2-7)10-5-6-11-8;;;/h3-4,11H,2,5-10H2,1H3;2*9H,2-8H2,1H3;10H,2-9H2,1H3;9H,2-8H2,1H3;9,11H,1-8H2;7-8H,1-6H2;7H,2-6H2,1H3;1-6H2;1H4;;1H/b4-3+;;;;;;;;;;;/i;;;;;;;;;;;1+1. The van der Waals surface area contributed by atoms with E-state index in [4.69, 9.17) is 109 Å². The van der Waals surface area contributed by atoms with Gasteiger partial charge in [0, 0.05) is 169 Å². The summed E-state index contributed by atoms with van der Waals surface area (Å²) in [7, 11) is -3.30. The van der Waals surface area contributed by atoms with Gasteiger partial charge in [-0.1, -0.05) is 24.6 Å². The zero-order chi connectivity index (χ0) is 92.4. The van der Waals surface area contributed by atoms with Gasteiger partial charge >= 0.3 is 29.8 Å². The maximum Gasteiger partial charge on any atom is 0.330 e. The fourth-order valence-electron chi connectivity index (χ4n) is 19.3. The largest absolute Gasteiger partial charge is 0.466 e. The van der Waals surface area contributed by atoms with Crippen LogP contribution in [-0.2, 0) is 152 Å². The smallest absolute Gasteiger partial charge is 0.330 e. The van der Waals surface area contributed by atoms with Gasteiger partial charge in [0.25, 0.3) is 10.1 Å². The molecule has 0 aromatic carbocycles. The first-order chi connectivity index (χ1) is 62.2. The lowest BCUT2D eigenvalue weighted by Crippen LogP contribution is -2.37. The van der Waals surface area contributed by atoms with Crippen LogP contribution in [0.15, 0.2) is 35.5 Å². The number of aliphatic hydroxyl groups excluding tert-OH is 1. The fourth-order valence-corrected chi connectivity index (χ4v) is 19.7. The molecule has 0 amide bonds. The molecule has 9 saturated carbocycles. The molecule has 17 aliphatic rings. The molecular formula is C96H158BO33S. The van der Waals surface area contributed by atoms with E-state index >= 15 is 0 Å². The summed E-state index contributed by atoms with van der Waals surface area (Å²) in [4.78, 5) is 88.6. The van der Waals surface area contributed by atoms with Gasteiger partial charge in [-0.25, -0.2) is 14.4 Å². The van der Waals surface area contributed by atoms with Crippen molar-refractivity contribution >= 4 is 66.2 Å². The molecule has 0 atom stereocenters. The van der Waals surface area contributed by atoms with Crippen molar-refractivity contribution in [2.75, 3.05) is 158 Å². The highest BCUT2D eigenvalue weighted by Crippen LogP contribution is 2.46. The van der Waals surface area contributed by atoms with Crippen molar-refractivity contribution in [2.24, 2.45) is 35.5 Å². The van der Waals surface area contributed by atoms with Gasteiger partial charge in [0.05, 0.1) is 163 Å². The molecule has 0 bridgehead atoms. The number of carbonyl (C=O) groups is 8. The Bertz CT molecular complexity index is 3450. The highest BCUT2D eigenvalue weighted by atomic mass is 32.2. The first-order valence-corrected chi connectivity index (χ1v) is 50.1. The van der Waals surface area contributed by atoms with Crippen molar-refractivity contribution in [1.29, 1.82) is 0 Å². The van der Waals surface area contributed by atoms with E-state index in [0.29, 0.717) is 194 Å². The van der Waals surface area contributed by atoms with Gasteiger partial charge in [0.1, 0.15) is 17.9 Å². The van der Waals surface area contributed by atoms with Gasteiger partial charge in [0.15, 0.2) is 46.3 Å². The van der Waals surface area contributed by atoms with Crippen LogP contribution in [-0.4, -0.2) is 274 Å². The van der Waals surface area contributed by atoms with Gasteiger partial charge in [-0.2, -0.15) is 8.42 Å². The molecule has 1 N–H and O–H groups in total. The molecule has 8 aliphatic heterocycles. The quantitative estimate of drug-likeness (QED) is 0.0332. The monoisotopic (exact) mass is 1880 g/mol. The van der Waals surface area contributed by atoms with Crippen LogP contribution in [0.25, 0.3) is 0 Å². The Morgan fingerprint density at radius 1 is 0.359 bits per heavy atom. The van der Waals surface area contributed by atoms with Crippen LogP contribution in [0.2, 0.25) is 0 Å². The number of allylic oxidation sites excluding steroid dienone is 3. The van der Waals surface area contributed by atoms with Gasteiger partial charge in [-0.3, -0.25) is 23.4 Å². The molecule has 9 aliphatic carbocycles.